The van der Waals surface area contributed by atoms with Gasteiger partial charge < -0.3 is 11.1 Å². The maximum Gasteiger partial charge on any atom is 0.180 e. The molecule has 0 saturated heterocycles. The first kappa shape index (κ1) is 13.8. The van der Waals surface area contributed by atoms with Crippen LogP contribution in [0.2, 0.25) is 0 Å². The molecule has 0 aromatic carbocycles. The van der Waals surface area contributed by atoms with Crippen LogP contribution in [-0.4, -0.2) is 11.0 Å². The summed E-state index contributed by atoms with van der Waals surface area (Å²) in [4.78, 5) is 5.35. The maximum absolute atomic E-state index is 5.66. The second kappa shape index (κ2) is 5.57. The number of rotatable bonds is 3. The largest absolute Gasteiger partial charge is 0.375 e. The molecule has 0 amide bonds. The van der Waals surface area contributed by atoms with Gasteiger partial charge in [0, 0.05) is 23.7 Å². The third-order valence-electron chi connectivity index (χ3n) is 3.99. The van der Waals surface area contributed by atoms with Crippen molar-refractivity contribution in [3.05, 3.63) is 11.1 Å². The molecule has 2 atom stereocenters. The zero-order chi connectivity index (χ0) is 13.2. The molecule has 1 aliphatic rings. The van der Waals surface area contributed by atoms with E-state index in [0.717, 1.165) is 12.5 Å². The van der Waals surface area contributed by atoms with Crippen molar-refractivity contribution < 1.29 is 0 Å². The van der Waals surface area contributed by atoms with E-state index in [-0.39, 0.29) is 0 Å². The SMILES string of the molecule is CC(C)(C)C1CCCCC1NCc1cnc(N)s1. The van der Waals surface area contributed by atoms with Gasteiger partial charge in [0.2, 0.25) is 0 Å². The van der Waals surface area contributed by atoms with Crippen molar-refractivity contribution in [1.82, 2.24) is 10.3 Å². The van der Waals surface area contributed by atoms with E-state index in [4.69, 9.17) is 5.73 Å². The summed E-state index contributed by atoms with van der Waals surface area (Å²) in [6, 6.07) is 0.641. The van der Waals surface area contributed by atoms with Gasteiger partial charge in [0.05, 0.1) is 0 Å². The second-order valence-electron chi connectivity index (χ2n) is 6.41. The minimum Gasteiger partial charge on any atom is -0.375 e. The normalized spacial score (nSPS) is 25.3. The summed E-state index contributed by atoms with van der Waals surface area (Å²) in [5.41, 5.74) is 6.06. The van der Waals surface area contributed by atoms with Crippen LogP contribution in [0.3, 0.4) is 0 Å². The Morgan fingerprint density at radius 2 is 2.11 bits per heavy atom. The number of nitrogens with one attached hydrogen (secondary N) is 1. The summed E-state index contributed by atoms with van der Waals surface area (Å²) in [7, 11) is 0. The predicted molar refractivity (Wildman–Crippen MR) is 78.6 cm³/mol. The number of nitrogen functional groups attached to an aromatic ring is 1. The first-order valence-electron chi connectivity index (χ1n) is 6.90. The van der Waals surface area contributed by atoms with Crippen molar-refractivity contribution in [3.8, 4) is 0 Å². The monoisotopic (exact) mass is 267 g/mol. The van der Waals surface area contributed by atoms with Crippen LogP contribution in [0, 0.1) is 11.3 Å². The molecular weight excluding hydrogens is 242 g/mol. The van der Waals surface area contributed by atoms with E-state index in [2.05, 4.69) is 31.1 Å². The maximum atomic E-state index is 5.66. The van der Waals surface area contributed by atoms with Gasteiger partial charge in [-0.15, -0.1) is 11.3 Å². The fourth-order valence-corrected chi connectivity index (χ4v) is 3.68. The van der Waals surface area contributed by atoms with Gasteiger partial charge in [0.25, 0.3) is 0 Å². The van der Waals surface area contributed by atoms with Crippen molar-refractivity contribution >= 4 is 16.5 Å². The molecule has 1 aromatic heterocycles. The van der Waals surface area contributed by atoms with Crippen LogP contribution in [0.1, 0.15) is 51.3 Å². The fourth-order valence-electron chi connectivity index (χ4n) is 3.05. The second-order valence-corrected chi connectivity index (χ2v) is 7.56. The van der Waals surface area contributed by atoms with E-state index in [1.807, 2.05) is 6.20 Å². The zero-order valence-corrected chi connectivity index (χ0v) is 12.5. The number of nitrogens with zero attached hydrogens (tertiary/aromatic N) is 1. The van der Waals surface area contributed by atoms with E-state index < -0.39 is 0 Å². The van der Waals surface area contributed by atoms with Gasteiger partial charge in [-0.2, -0.15) is 0 Å². The summed E-state index contributed by atoms with van der Waals surface area (Å²) < 4.78 is 0. The molecule has 102 valence electrons. The van der Waals surface area contributed by atoms with Crippen LogP contribution < -0.4 is 11.1 Å². The first-order chi connectivity index (χ1) is 8.47. The Morgan fingerprint density at radius 1 is 1.39 bits per heavy atom. The Morgan fingerprint density at radius 3 is 2.72 bits per heavy atom. The molecule has 1 heterocycles. The Bertz CT molecular complexity index is 381. The fraction of sp³-hybridized carbons (Fsp3) is 0.786. The average molecular weight is 267 g/mol. The molecule has 4 heteroatoms. The molecule has 1 aliphatic carbocycles. The molecule has 1 aromatic rings. The third-order valence-corrected chi connectivity index (χ3v) is 4.81. The van der Waals surface area contributed by atoms with Crippen molar-refractivity contribution in [2.24, 2.45) is 11.3 Å². The van der Waals surface area contributed by atoms with Crippen molar-refractivity contribution in [3.63, 3.8) is 0 Å². The van der Waals surface area contributed by atoms with Gasteiger partial charge in [-0.1, -0.05) is 33.6 Å². The molecule has 2 unspecified atom stereocenters. The number of thiazole rings is 1. The smallest absolute Gasteiger partial charge is 0.180 e. The Kier molecular flexibility index (Phi) is 4.28. The molecule has 1 saturated carbocycles. The van der Waals surface area contributed by atoms with Crippen LogP contribution in [0.25, 0.3) is 0 Å². The number of anilines is 1. The highest BCUT2D eigenvalue weighted by molar-refractivity contribution is 7.15. The lowest BCUT2D eigenvalue weighted by Crippen LogP contribution is -2.43. The van der Waals surface area contributed by atoms with Crippen LogP contribution in [0.15, 0.2) is 6.20 Å². The summed E-state index contributed by atoms with van der Waals surface area (Å²) in [6.45, 7) is 8.00. The predicted octanol–water partition coefficient (Wildman–Crippen LogP) is 3.42. The molecule has 0 spiro atoms. The third kappa shape index (κ3) is 3.45. The van der Waals surface area contributed by atoms with Crippen LogP contribution in [0.5, 0.6) is 0 Å². The van der Waals surface area contributed by atoms with Crippen LogP contribution in [-0.2, 0) is 6.54 Å². The highest BCUT2D eigenvalue weighted by Gasteiger charge is 2.33. The van der Waals surface area contributed by atoms with E-state index in [9.17, 15) is 0 Å². The highest BCUT2D eigenvalue weighted by Crippen LogP contribution is 2.38. The lowest BCUT2D eigenvalue weighted by atomic mass is 9.69. The summed E-state index contributed by atoms with van der Waals surface area (Å²) in [5, 5.41) is 4.39. The molecule has 3 N–H and O–H groups in total. The van der Waals surface area contributed by atoms with Gasteiger partial charge in [0.1, 0.15) is 0 Å². The van der Waals surface area contributed by atoms with Crippen LogP contribution >= 0.6 is 11.3 Å². The van der Waals surface area contributed by atoms with Crippen molar-refractivity contribution in [1.29, 1.82) is 0 Å². The van der Waals surface area contributed by atoms with E-state index in [1.54, 1.807) is 11.3 Å². The number of aromatic nitrogens is 1. The molecular formula is C14H25N3S. The molecule has 2 rings (SSSR count). The number of nitrogens with two attached hydrogens (primary N) is 1. The van der Waals surface area contributed by atoms with Gasteiger partial charge in [-0.25, -0.2) is 4.98 Å². The molecule has 3 nitrogen and oxygen atoms in total. The van der Waals surface area contributed by atoms with Gasteiger partial charge in [0.15, 0.2) is 5.13 Å². The van der Waals surface area contributed by atoms with E-state index in [1.165, 1.54) is 30.6 Å². The number of hydrogen-bond donors (Lipinski definition) is 2. The quantitative estimate of drug-likeness (QED) is 0.882. The molecule has 0 bridgehead atoms. The van der Waals surface area contributed by atoms with Gasteiger partial charge >= 0.3 is 0 Å². The number of hydrogen-bond acceptors (Lipinski definition) is 4. The lowest BCUT2D eigenvalue weighted by molar-refractivity contribution is 0.130. The standard InChI is InChI=1S/C14H25N3S/c1-14(2,3)11-6-4-5-7-12(11)16-8-10-9-17-13(15)18-10/h9,11-12,16H,4-8H2,1-3H3,(H2,15,17). The highest BCUT2D eigenvalue weighted by atomic mass is 32.1. The van der Waals surface area contributed by atoms with E-state index in [0.29, 0.717) is 16.6 Å². The van der Waals surface area contributed by atoms with Crippen molar-refractivity contribution in [2.75, 3.05) is 5.73 Å². The summed E-state index contributed by atoms with van der Waals surface area (Å²) in [6.07, 6.45) is 7.28. The molecule has 0 radical (unpaired) electrons. The summed E-state index contributed by atoms with van der Waals surface area (Å²) >= 11 is 1.59. The van der Waals surface area contributed by atoms with E-state index >= 15 is 0 Å². The van der Waals surface area contributed by atoms with Gasteiger partial charge in [-0.05, 0) is 24.2 Å². The topological polar surface area (TPSA) is 50.9 Å². The van der Waals surface area contributed by atoms with Crippen molar-refractivity contribution in [2.45, 2.75) is 59.0 Å². The zero-order valence-electron chi connectivity index (χ0n) is 11.7. The minimum atomic E-state index is 0.394. The molecule has 1 fully saturated rings. The molecule has 0 aliphatic heterocycles. The first-order valence-corrected chi connectivity index (χ1v) is 7.72. The van der Waals surface area contributed by atoms with Crippen LogP contribution in [0.4, 0.5) is 5.13 Å². The van der Waals surface area contributed by atoms with Gasteiger partial charge in [-0.3, -0.25) is 0 Å². The Balaban J connectivity index is 1.93. The molecule has 18 heavy (non-hydrogen) atoms. The average Bonchev–Trinajstić information content (AvgIpc) is 2.72. The Labute approximate surface area is 114 Å². The Hall–Kier alpha value is -0.610. The summed E-state index contributed by atoms with van der Waals surface area (Å²) in [5.74, 6) is 0.775. The lowest BCUT2D eigenvalue weighted by Gasteiger charge is -2.41. The minimum absolute atomic E-state index is 0.394.